The van der Waals surface area contributed by atoms with Gasteiger partial charge in [0.1, 0.15) is 17.7 Å². The second-order valence-corrected chi connectivity index (χ2v) is 14.3. The highest BCUT2D eigenvalue weighted by atomic mass is 32.3. The Bertz CT molecular complexity index is 1650. The van der Waals surface area contributed by atoms with Gasteiger partial charge in [0.15, 0.2) is 12.1 Å². The Morgan fingerprint density at radius 3 is 1.80 bits per heavy atom. The number of alkyl halides is 6. The van der Waals surface area contributed by atoms with Gasteiger partial charge in [-0.05, 0) is 11.1 Å². The summed E-state index contributed by atoms with van der Waals surface area (Å²) >= 11 is 0.342. The van der Waals surface area contributed by atoms with E-state index in [1.165, 1.54) is 0 Å². The third-order valence-electron chi connectivity index (χ3n) is 6.38. The van der Waals surface area contributed by atoms with Crippen molar-refractivity contribution in [3.8, 4) is 0 Å². The van der Waals surface area contributed by atoms with Gasteiger partial charge < -0.3 is 9.47 Å². The lowest BCUT2D eigenvalue weighted by Gasteiger charge is -2.51. The average molecular weight is 703 g/mol. The molecule has 11 nitrogen and oxygen atoms in total. The molecule has 0 spiro atoms. The third kappa shape index (κ3) is 6.40. The van der Waals surface area contributed by atoms with E-state index in [0.29, 0.717) is 27.8 Å². The number of rotatable bonds is 9. The maximum Gasteiger partial charge on any atom is 0.512 e. The van der Waals surface area contributed by atoms with Gasteiger partial charge in [-0.3, -0.25) is 14.5 Å². The number of hydrogen-bond donors (Lipinski definition) is 0. The monoisotopic (exact) mass is 702 g/mol. The number of fused-ring (bicyclic) bond motifs is 1. The molecule has 1 saturated heterocycles. The maximum atomic E-state index is 13.7. The summed E-state index contributed by atoms with van der Waals surface area (Å²) in [5.74, 6) is -4.64. The highest BCUT2D eigenvalue weighted by molar-refractivity contribution is 8.05. The SMILES string of the molecule is CC(=O)OCC1=C(C(=O)OC(c2ccccc2)c2ccccc2)N2C(=O)[C@@H](N(S(=O)(=O)C(F)(F)F)S(=O)(=O)C(F)(F)F)[C@H]2SC1. The van der Waals surface area contributed by atoms with E-state index in [1.54, 1.807) is 60.7 Å². The lowest BCUT2D eigenvalue weighted by atomic mass is 10.0. The Hall–Kier alpha value is -3.62. The van der Waals surface area contributed by atoms with Crippen molar-refractivity contribution in [2.75, 3.05) is 12.4 Å². The molecule has 4 rings (SSSR count). The fourth-order valence-electron chi connectivity index (χ4n) is 4.39. The zero-order valence-corrected chi connectivity index (χ0v) is 24.9. The largest absolute Gasteiger partial charge is 0.512 e. The summed E-state index contributed by atoms with van der Waals surface area (Å²) in [6, 6.07) is 13.0. The Morgan fingerprint density at radius 1 is 0.911 bits per heavy atom. The van der Waals surface area contributed by atoms with Crippen LogP contribution in [0.3, 0.4) is 0 Å². The van der Waals surface area contributed by atoms with Gasteiger partial charge in [-0.2, -0.15) is 26.3 Å². The van der Waals surface area contributed by atoms with Crippen molar-refractivity contribution < 1.29 is 67.0 Å². The van der Waals surface area contributed by atoms with Crippen molar-refractivity contribution in [1.29, 1.82) is 0 Å². The number of benzene rings is 2. The van der Waals surface area contributed by atoms with Crippen LogP contribution < -0.4 is 0 Å². The number of carbonyl (C=O) groups excluding carboxylic acids is 3. The lowest BCUT2D eigenvalue weighted by Crippen LogP contribution is -2.73. The smallest absolute Gasteiger partial charge is 0.461 e. The number of hydrogen-bond acceptors (Lipinski definition) is 10. The molecule has 2 aliphatic rings. The predicted molar refractivity (Wildman–Crippen MR) is 143 cm³/mol. The zero-order valence-electron chi connectivity index (χ0n) is 22.5. The number of β-lactam (4-membered cyclic amide) rings is 1. The minimum Gasteiger partial charge on any atom is -0.461 e. The van der Waals surface area contributed by atoms with E-state index >= 15 is 0 Å². The Kier molecular flexibility index (Phi) is 9.36. The van der Waals surface area contributed by atoms with Crippen LogP contribution in [0.4, 0.5) is 26.3 Å². The highest BCUT2D eigenvalue weighted by Gasteiger charge is 2.70. The van der Waals surface area contributed by atoms with E-state index in [1.807, 2.05) is 0 Å². The van der Waals surface area contributed by atoms with Crippen LogP contribution in [-0.4, -0.2) is 78.1 Å². The average Bonchev–Trinajstić information content (AvgIpc) is 2.96. The molecule has 2 heterocycles. The summed E-state index contributed by atoms with van der Waals surface area (Å²) in [7, 11) is -14.6. The Labute approximate surface area is 255 Å². The van der Waals surface area contributed by atoms with E-state index in [-0.39, 0.29) is 5.57 Å². The molecule has 0 unspecified atom stereocenters. The van der Waals surface area contributed by atoms with E-state index in [2.05, 4.69) is 0 Å². The molecular formula is C25H20F6N2O9S3. The van der Waals surface area contributed by atoms with Gasteiger partial charge in [-0.1, -0.05) is 64.4 Å². The number of halogens is 6. The van der Waals surface area contributed by atoms with Crippen LogP contribution in [0.2, 0.25) is 0 Å². The number of nitrogens with zero attached hydrogens (tertiary/aromatic N) is 2. The van der Waals surface area contributed by atoms with E-state index in [4.69, 9.17) is 9.47 Å². The van der Waals surface area contributed by atoms with Crippen LogP contribution in [0.25, 0.3) is 0 Å². The van der Waals surface area contributed by atoms with Gasteiger partial charge in [-0.25, -0.2) is 21.6 Å². The van der Waals surface area contributed by atoms with E-state index < -0.39 is 88.2 Å². The first kappa shape index (κ1) is 34.3. The Morgan fingerprint density at radius 2 is 1.38 bits per heavy atom. The summed E-state index contributed by atoms with van der Waals surface area (Å²) in [5.41, 5.74) is -13.3. The molecule has 2 aromatic rings. The van der Waals surface area contributed by atoms with Crippen LogP contribution in [0.5, 0.6) is 0 Å². The van der Waals surface area contributed by atoms with Gasteiger partial charge in [0.2, 0.25) is 0 Å². The van der Waals surface area contributed by atoms with Crippen molar-refractivity contribution in [2.45, 2.75) is 35.5 Å². The molecule has 0 N–H and O–H groups in total. The molecule has 1 fully saturated rings. The molecule has 2 aliphatic heterocycles. The zero-order chi connectivity index (χ0) is 33.5. The molecule has 45 heavy (non-hydrogen) atoms. The molecular weight excluding hydrogens is 682 g/mol. The number of sulfonamides is 2. The molecule has 2 aromatic carbocycles. The summed E-state index contributed by atoms with van der Waals surface area (Å²) < 4.78 is 138. The van der Waals surface area contributed by atoms with Gasteiger partial charge in [0.05, 0.1) is 0 Å². The molecule has 1 amide bonds. The summed E-state index contributed by atoms with van der Waals surface area (Å²) in [6.07, 6.45) is -1.17. The molecule has 0 aromatic heterocycles. The first-order valence-corrected chi connectivity index (χ1v) is 16.3. The molecule has 0 aliphatic carbocycles. The van der Waals surface area contributed by atoms with Gasteiger partial charge in [0, 0.05) is 18.2 Å². The number of ether oxygens (including phenoxy) is 2. The first-order chi connectivity index (χ1) is 20.8. The lowest BCUT2D eigenvalue weighted by molar-refractivity contribution is -0.155. The first-order valence-electron chi connectivity index (χ1n) is 12.3. The van der Waals surface area contributed by atoms with Crippen LogP contribution in [0.1, 0.15) is 24.2 Å². The quantitative estimate of drug-likeness (QED) is 0.217. The summed E-state index contributed by atoms with van der Waals surface area (Å²) in [5, 5.41) is -2.07. The topological polar surface area (TPSA) is 144 Å². The second-order valence-electron chi connectivity index (χ2n) is 9.32. The van der Waals surface area contributed by atoms with Crippen molar-refractivity contribution in [1.82, 2.24) is 8.61 Å². The molecule has 0 saturated carbocycles. The maximum absolute atomic E-state index is 13.7. The number of carbonyl (C=O) groups is 3. The van der Waals surface area contributed by atoms with Crippen LogP contribution in [-0.2, 0) is 43.9 Å². The minimum absolute atomic E-state index is 0.174. The summed E-state index contributed by atoms with van der Waals surface area (Å²) in [4.78, 5) is 38.8. The fourth-order valence-corrected chi connectivity index (χ4v) is 8.87. The van der Waals surface area contributed by atoms with E-state index in [9.17, 15) is 57.6 Å². The standard InChI is InChI=1S/C25H20F6N2O9S3/c1-14(34)41-12-17-13-43-22-19(33(44(37,38)24(26,27)28)45(39,40)25(29,30)31)21(35)32(22)18(17)23(36)42-20(15-8-4-2-5-9-15)16-10-6-3-7-11-16/h2-11,19-20,22H,12-13H2,1H3/t19-,22-/m1/s1. The van der Waals surface area contributed by atoms with Crippen LogP contribution in [0.15, 0.2) is 71.9 Å². The van der Waals surface area contributed by atoms with Gasteiger partial charge >= 0.3 is 43.0 Å². The number of esters is 2. The fraction of sp³-hybridized carbons (Fsp3) is 0.320. The molecule has 2 atom stereocenters. The predicted octanol–water partition coefficient (Wildman–Crippen LogP) is 3.42. The van der Waals surface area contributed by atoms with Crippen molar-refractivity contribution >= 4 is 49.7 Å². The van der Waals surface area contributed by atoms with Crippen LogP contribution >= 0.6 is 11.8 Å². The van der Waals surface area contributed by atoms with Crippen LogP contribution in [0, 0.1) is 0 Å². The molecule has 244 valence electrons. The second kappa shape index (κ2) is 12.3. The number of thioether (sulfide) groups is 1. The number of amides is 1. The summed E-state index contributed by atoms with van der Waals surface area (Å²) in [6.45, 7) is 0.311. The van der Waals surface area contributed by atoms with Gasteiger partial charge in [0.25, 0.3) is 5.91 Å². The molecule has 20 heteroatoms. The minimum atomic E-state index is -7.32. The Balaban J connectivity index is 1.80. The molecule has 0 bridgehead atoms. The molecule has 0 radical (unpaired) electrons. The normalized spacial score (nSPS) is 19.3. The van der Waals surface area contributed by atoms with Crippen molar-refractivity contribution in [3.63, 3.8) is 0 Å². The highest BCUT2D eigenvalue weighted by Crippen LogP contribution is 2.48. The van der Waals surface area contributed by atoms with Crippen molar-refractivity contribution in [3.05, 3.63) is 83.1 Å². The van der Waals surface area contributed by atoms with Gasteiger partial charge in [-0.15, -0.1) is 11.8 Å². The van der Waals surface area contributed by atoms with Crippen molar-refractivity contribution in [2.24, 2.45) is 0 Å². The van der Waals surface area contributed by atoms with E-state index in [0.717, 1.165) is 6.92 Å². The third-order valence-corrected chi connectivity index (χ3v) is 11.5.